The van der Waals surface area contributed by atoms with Gasteiger partial charge in [0.05, 0.1) is 22.9 Å². The number of carboxylic acid groups (broad SMARTS) is 1. The number of aryl methyl sites for hydroxylation is 1. The van der Waals surface area contributed by atoms with Gasteiger partial charge in [-0.05, 0) is 87.2 Å². The van der Waals surface area contributed by atoms with Crippen molar-refractivity contribution in [2.24, 2.45) is 51.8 Å². The Bertz CT molecular complexity index is 1180. The van der Waals surface area contributed by atoms with Gasteiger partial charge in [0.2, 0.25) is 11.8 Å². The van der Waals surface area contributed by atoms with Crippen LogP contribution in [0.4, 0.5) is 5.69 Å². The van der Waals surface area contributed by atoms with E-state index in [0.29, 0.717) is 11.6 Å². The van der Waals surface area contributed by atoms with Gasteiger partial charge in [0.1, 0.15) is 0 Å². The Morgan fingerprint density at radius 1 is 1.03 bits per heavy atom. The molecule has 5 aliphatic carbocycles. The summed E-state index contributed by atoms with van der Waals surface area (Å²) in [4.78, 5) is 42.3. The number of aliphatic carboxylic acids is 1. The van der Waals surface area contributed by atoms with Gasteiger partial charge < -0.3 is 5.11 Å². The molecule has 6 aliphatic rings. The molecule has 8 atom stereocenters. The highest BCUT2D eigenvalue weighted by atomic mass is 16.4. The van der Waals surface area contributed by atoms with Crippen molar-refractivity contribution in [3.05, 3.63) is 41.5 Å². The Kier molecular flexibility index (Phi) is 5.02. The lowest BCUT2D eigenvalue weighted by molar-refractivity contribution is -0.194. The predicted octanol–water partition coefficient (Wildman–Crippen LogP) is 6.01. The van der Waals surface area contributed by atoms with E-state index in [1.807, 2.05) is 38.1 Å². The third-order valence-corrected chi connectivity index (χ3v) is 11.5. The second-order valence-corrected chi connectivity index (χ2v) is 13.3. The van der Waals surface area contributed by atoms with Crippen LogP contribution in [0.3, 0.4) is 0 Å². The summed E-state index contributed by atoms with van der Waals surface area (Å²) in [5, 5.41) is 10.3. The fraction of sp³-hybridized carbons (Fsp3) is 0.645. The molecule has 2 amide bonds. The van der Waals surface area contributed by atoms with Gasteiger partial charge >= 0.3 is 5.97 Å². The number of rotatable bonds is 3. The summed E-state index contributed by atoms with van der Waals surface area (Å²) in [6, 6.07) is 7.72. The molecular weight excluding hydrogens is 450 g/mol. The van der Waals surface area contributed by atoms with E-state index in [1.54, 1.807) is 0 Å². The minimum Gasteiger partial charge on any atom is -0.481 e. The van der Waals surface area contributed by atoms with Gasteiger partial charge in [-0.3, -0.25) is 19.3 Å². The zero-order valence-electron chi connectivity index (χ0n) is 22.2. The highest BCUT2D eigenvalue weighted by molar-refractivity contribution is 6.23. The van der Waals surface area contributed by atoms with Crippen LogP contribution in [-0.2, 0) is 14.4 Å². The maximum atomic E-state index is 14.2. The molecule has 1 aromatic carbocycles. The lowest BCUT2D eigenvalue weighted by atomic mass is 9.34. The predicted molar refractivity (Wildman–Crippen MR) is 138 cm³/mol. The smallest absolute Gasteiger partial charge is 0.309 e. The van der Waals surface area contributed by atoms with E-state index >= 15 is 0 Å². The van der Waals surface area contributed by atoms with Crippen LogP contribution in [0.5, 0.6) is 0 Å². The summed E-state index contributed by atoms with van der Waals surface area (Å²) in [6.45, 7) is 10.7. The SMILES string of the molecule is Cc1ccc(N2C(=O)[C@@H]3[C@@H]4C[C@H]5[C@@]6(C)CCC[C@@](C)(C(=O)O)[C@H]6CC[C@]5(C=C4C(C)C)[C@@H]3C2=O)cc1. The van der Waals surface area contributed by atoms with E-state index in [2.05, 4.69) is 26.8 Å². The van der Waals surface area contributed by atoms with Crippen LogP contribution in [0, 0.1) is 58.7 Å². The number of amides is 2. The van der Waals surface area contributed by atoms with Crippen molar-refractivity contribution in [2.45, 2.75) is 73.1 Å². The largest absolute Gasteiger partial charge is 0.481 e. The average Bonchev–Trinajstić information content (AvgIpc) is 3.11. The van der Waals surface area contributed by atoms with Crippen molar-refractivity contribution in [2.75, 3.05) is 4.90 Å². The summed E-state index contributed by atoms with van der Waals surface area (Å²) in [5.74, 6) is -0.679. The van der Waals surface area contributed by atoms with Crippen molar-refractivity contribution in [1.29, 1.82) is 0 Å². The third kappa shape index (κ3) is 2.80. The Morgan fingerprint density at radius 2 is 1.72 bits per heavy atom. The molecule has 5 nitrogen and oxygen atoms in total. The topological polar surface area (TPSA) is 74.7 Å². The molecule has 4 fully saturated rings. The quantitative estimate of drug-likeness (QED) is 0.417. The molecule has 0 aromatic heterocycles. The molecule has 1 N–H and O–H groups in total. The van der Waals surface area contributed by atoms with Crippen LogP contribution in [0.2, 0.25) is 0 Å². The first kappa shape index (κ1) is 23.9. The van der Waals surface area contributed by atoms with Gasteiger partial charge in [-0.15, -0.1) is 0 Å². The van der Waals surface area contributed by atoms with Crippen molar-refractivity contribution >= 4 is 23.5 Å². The highest BCUT2D eigenvalue weighted by Gasteiger charge is 2.73. The fourth-order valence-electron chi connectivity index (χ4n) is 9.91. The van der Waals surface area contributed by atoms with Gasteiger partial charge in [-0.2, -0.15) is 0 Å². The molecule has 5 heteroatoms. The molecule has 1 spiro atoms. The van der Waals surface area contributed by atoms with E-state index in [1.165, 1.54) is 10.5 Å². The fourth-order valence-corrected chi connectivity index (χ4v) is 9.91. The minimum atomic E-state index is -0.723. The van der Waals surface area contributed by atoms with Crippen LogP contribution in [0.25, 0.3) is 0 Å². The van der Waals surface area contributed by atoms with Crippen molar-refractivity contribution in [1.82, 2.24) is 0 Å². The Hall–Kier alpha value is -2.43. The number of anilines is 1. The molecule has 1 aliphatic heterocycles. The Balaban J connectivity index is 1.49. The van der Waals surface area contributed by atoms with Gasteiger partial charge in [0, 0.05) is 5.41 Å². The van der Waals surface area contributed by atoms with Crippen LogP contribution >= 0.6 is 0 Å². The number of hydrogen-bond acceptors (Lipinski definition) is 3. The molecule has 0 unspecified atom stereocenters. The van der Waals surface area contributed by atoms with Crippen LogP contribution < -0.4 is 4.90 Å². The Labute approximate surface area is 214 Å². The molecule has 0 radical (unpaired) electrons. The van der Waals surface area contributed by atoms with Crippen LogP contribution in [0.15, 0.2) is 35.9 Å². The molecule has 1 aromatic rings. The average molecular weight is 490 g/mol. The first-order valence-corrected chi connectivity index (χ1v) is 13.9. The number of hydrogen-bond donors (Lipinski definition) is 1. The van der Waals surface area contributed by atoms with E-state index in [4.69, 9.17) is 0 Å². The van der Waals surface area contributed by atoms with Gasteiger partial charge in [-0.1, -0.05) is 56.5 Å². The first-order valence-electron chi connectivity index (χ1n) is 13.9. The van der Waals surface area contributed by atoms with E-state index in [-0.39, 0.29) is 52.2 Å². The zero-order valence-corrected chi connectivity index (χ0v) is 22.2. The molecule has 1 saturated heterocycles. The number of fused-ring (bicyclic) bond motifs is 1. The van der Waals surface area contributed by atoms with Crippen LogP contribution in [0.1, 0.15) is 71.8 Å². The van der Waals surface area contributed by atoms with E-state index < -0.39 is 11.4 Å². The monoisotopic (exact) mass is 489 g/mol. The standard InChI is InChI=1S/C31H39NO4/c1-17(2)21-16-31-14-11-22-29(4,12-6-13-30(22,5)28(35)36)23(31)15-20(21)24-25(31)27(34)32(26(24)33)19-9-7-18(3)8-10-19/h7-10,16-17,20,22-25H,6,11-15H2,1-5H3,(H,35,36)/t20-,22+,23+,24-,25+,29+,30-,31-/m1/s1. The van der Waals surface area contributed by atoms with Gasteiger partial charge in [0.25, 0.3) is 0 Å². The van der Waals surface area contributed by atoms with Crippen molar-refractivity contribution in [3.63, 3.8) is 0 Å². The molecule has 3 saturated carbocycles. The maximum Gasteiger partial charge on any atom is 0.309 e. The van der Waals surface area contributed by atoms with Crippen LogP contribution in [-0.4, -0.2) is 22.9 Å². The van der Waals surface area contributed by atoms with Crippen molar-refractivity contribution in [3.8, 4) is 0 Å². The van der Waals surface area contributed by atoms with Gasteiger partial charge in [-0.25, -0.2) is 0 Å². The first-order chi connectivity index (χ1) is 17.0. The number of carbonyl (C=O) groups is 3. The number of carbonyl (C=O) groups excluding carboxylic acids is 2. The normalized spacial score (nSPS) is 43.2. The Morgan fingerprint density at radius 3 is 2.36 bits per heavy atom. The number of nitrogens with zero attached hydrogens (tertiary/aromatic N) is 1. The minimum absolute atomic E-state index is 0.0331. The molecule has 7 rings (SSSR count). The molecular formula is C31H39NO4. The number of benzene rings is 1. The maximum absolute atomic E-state index is 14.2. The summed E-state index contributed by atoms with van der Waals surface area (Å²) >= 11 is 0. The highest BCUT2D eigenvalue weighted by Crippen LogP contribution is 2.74. The molecule has 1 heterocycles. The molecule has 2 bridgehead atoms. The lowest BCUT2D eigenvalue weighted by Gasteiger charge is -2.68. The van der Waals surface area contributed by atoms with Gasteiger partial charge in [0.15, 0.2) is 0 Å². The lowest BCUT2D eigenvalue weighted by Crippen LogP contribution is -2.65. The van der Waals surface area contributed by atoms with E-state index in [0.717, 1.165) is 44.1 Å². The number of imide groups is 1. The van der Waals surface area contributed by atoms with Crippen molar-refractivity contribution < 1.29 is 19.5 Å². The summed E-state index contributed by atoms with van der Waals surface area (Å²) in [6.07, 6.45) is 7.58. The second-order valence-electron chi connectivity index (χ2n) is 13.3. The summed E-state index contributed by atoms with van der Waals surface area (Å²) in [7, 11) is 0. The third-order valence-electron chi connectivity index (χ3n) is 11.5. The summed E-state index contributed by atoms with van der Waals surface area (Å²) < 4.78 is 0. The molecule has 36 heavy (non-hydrogen) atoms. The zero-order chi connectivity index (χ0) is 25.8. The van der Waals surface area contributed by atoms with E-state index in [9.17, 15) is 19.5 Å². The second kappa shape index (κ2) is 7.55. The molecule has 192 valence electrons. The summed E-state index contributed by atoms with van der Waals surface area (Å²) in [5.41, 5.74) is 1.89. The number of allylic oxidation sites excluding steroid dienone is 2. The number of carboxylic acids is 1.